The average molecular weight is 313 g/mol. The maximum absolute atomic E-state index is 11.1. The van der Waals surface area contributed by atoms with Crippen molar-refractivity contribution in [1.82, 2.24) is 4.98 Å². The Balaban J connectivity index is 2.06. The molecule has 0 bridgehead atoms. The molecule has 1 heterocycles. The van der Waals surface area contributed by atoms with Gasteiger partial charge in [-0.05, 0) is 38.0 Å². The van der Waals surface area contributed by atoms with Gasteiger partial charge in [-0.1, -0.05) is 35.1 Å². The first-order valence-electron chi connectivity index (χ1n) is 6.84. The van der Waals surface area contributed by atoms with Crippen molar-refractivity contribution in [2.45, 2.75) is 20.8 Å². The number of nitro benzene ring substituents is 1. The van der Waals surface area contributed by atoms with Crippen molar-refractivity contribution >= 4 is 38.1 Å². The van der Waals surface area contributed by atoms with Crippen molar-refractivity contribution in [1.29, 1.82) is 0 Å². The molecule has 0 amide bonds. The number of fused-ring (bicyclic) bond motifs is 1. The maximum Gasteiger partial charge on any atom is 0.288 e. The van der Waals surface area contributed by atoms with E-state index in [2.05, 4.69) is 29.4 Å². The number of thiazole rings is 1. The third kappa shape index (κ3) is 2.53. The highest BCUT2D eigenvalue weighted by atomic mass is 32.1. The van der Waals surface area contributed by atoms with Gasteiger partial charge in [0.15, 0.2) is 5.13 Å². The van der Waals surface area contributed by atoms with E-state index in [0.29, 0.717) is 15.3 Å². The van der Waals surface area contributed by atoms with Crippen LogP contribution in [0.5, 0.6) is 0 Å². The molecule has 0 unspecified atom stereocenters. The van der Waals surface area contributed by atoms with E-state index in [4.69, 9.17) is 0 Å². The fraction of sp³-hybridized carbons (Fsp3) is 0.188. The first-order valence-corrected chi connectivity index (χ1v) is 7.66. The lowest BCUT2D eigenvalue weighted by Crippen LogP contribution is -1.96. The summed E-state index contributed by atoms with van der Waals surface area (Å²) in [4.78, 5) is 15.2. The van der Waals surface area contributed by atoms with Gasteiger partial charge in [0.1, 0.15) is 4.70 Å². The molecule has 0 atom stereocenters. The van der Waals surface area contributed by atoms with Crippen molar-refractivity contribution in [3.8, 4) is 0 Å². The number of hydrogen-bond donors (Lipinski definition) is 1. The summed E-state index contributed by atoms with van der Waals surface area (Å²) in [5.41, 5.74) is 5.22. The van der Waals surface area contributed by atoms with Gasteiger partial charge in [-0.2, -0.15) is 0 Å². The third-order valence-corrected chi connectivity index (χ3v) is 4.51. The van der Waals surface area contributed by atoms with E-state index in [9.17, 15) is 10.1 Å². The van der Waals surface area contributed by atoms with Gasteiger partial charge in [-0.25, -0.2) is 4.98 Å². The van der Waals surface area contributed by atoms with E-state index in [1.54, 1.807) is 12.1 Å². The van der Waals surface area contributed by atoms with Crippen molar-refractivity contribution in [2.24, 2.45) is 0 Å². The van der Waals surface area contributed by atoms with Gasteiger partial charge in [0, 0.05) is 11.8 Å². The van der Waals surface area contributed by atoms with Crippen LogP contribution < -0.4 is 5.32 Å². The van der Waals surface area contributed by atoms with Crippen LogP contribution in [0.25, 0.3) is 10.2 Å². The lowest BCUT2D eigenvalue weighted by atomic mass is 10.1. The molecule has 6 heteroatoms. The van der Waals surface area contributed by atoms with E-state index < -0.39 is 0 Å². The van der Waals surface area contributed by atoms with Gasteiger partial charge in [0.2, 0.25) is 0 Å². The Kier molecular flexibility index (Phi) is 3.54. The highest BCUT2D eigenvalue weighted by Crippen LogP contribution is 2.35. The number of rotatable bonds is 3. The molecule has 0 saturated heterocycles. The Hall–Kier alpha value is -2.47. The third-order valence-electron chi connectivity index (χ3n) is 3.50. The van der Waals surface area contributed by atoms with Crippen molar-refractivity contribution in [3.63, 3.8) is 0 Å². The molecule has 0 aliphatic rings. The number of nitro groups is 1. The first-order chi connectivity index (χ1) is 10.5. The van der Waals surface area contributed by atoms with Gasteiger partial charge < -0.3 is 5.32 Å². The molecular formula is C16H15N3O2S. The summed E-state index contributed by atoms with van der Waals surface area (Å²) in [5.74, 6) is 0. The molecule has 22 heavy (non-hydrogen) atoms. The summed E-state index contributed by atoms with van der Waals surface area (Å²) in [5, 5.41) is 15.1. The predicted octanol–water partition coefficient (Wildman–Crippen LogP) is 4.87. The monoisotopic (exact) mass is 313 g/mol. The van der Waals surface area contributed by atoms with Crippen LogP contribution in [0, 0.1) is 30.9 Å². The topological polar surface area (TPSA) is 68.1 Å². The molecule has 0 aliphatic heterocycles. The fourth-order valence-electron chi connectivity index (χ4n) is 2.62. The second-order valence-electron chi connectivity index (χ2n) is 5.30. The zero-order valence-electron chi connectivity index (χ0n) is 12.5. The minimum Gasteiger partial charge on any atom is -0.331 e. The molecule has 0 fully saturated rings. The second kappa shape index (κ2) is 5.38. The number of hydrogen-bond acceptors (Lipinski definition) is 5. The van der Waals surface area contributed by atoms with Crippen LogP contribution in [0.3, 0.4) is 0 Å². The van der Waals surface area contributed by atoms with Crippen LogP contribution in [0.2, 0.25) is 0 Å². The van der Waals surface area contributed by atoms with Crippen molar-refractivity contribution in [3.05, 3.63) is 57.1 Å². The largest absolute Gasteiger partial charge is 0.331 e. The minimum atomic E-state index is -0.368. The summed E-state index contributed by atoms with van der Waals surface area (Å²) in [6.45, 7) is 6.14. The van der Waals surface area contributed by atoms with E-state index in [0.717, 1.165) is 16.8 Å². The lowest BCUT2D eigenvalue weighted by Gasteiger charge is -2.11. The summed E-state index contributed by atoms with van der Waals surface area (Å²) in [6, 6.07) is 9.16. The van der Waals surface area contributed by atoms with E-state index in [1.165, 1.54) is 23.0 Å². The van der Waals surface area contributed by atoms with Crippen LogP contribution in [-0.4, -0.2) is 9.91 Å². The molecule has 1 N–H and O–H groups in total. The molecule has 0 radical (unpaired) electrons. The Bertz CT molecular complexity index is 863. The van der Waals surface area contributed by atoms with Gasteiger partial charge >= 0.3 is 0 Å². The van der Waals surface area contributed by atoms with Crippen LogP contribution >= 0.6 is 11.3 Å². The fourth-order valence-corrected chi connectivity index (χ4v) is 3.57. The van der Waals surface area contributed by atoms with Crippen molar-refractivity contribution < 1.29 is 4.92 Å². The smallest absolute Gasteiger partial charge is 0.288 e. The zero-order valence-corrected chi connectivity index (χ0v) is 13.3. The number of aromatic nitrogens is 1. The molecule has 112 valence electrons. The van der Waals surface area contributed by atoms with Gasteiger partial charge in [-0.15, -0.1) is 0 Å². The number of nitrogens with zero attached hydrogens (tertiary/aromatic N) is 2. The zero-order chi connectivity index (χ0) is 15.9. The van der Waals surface area contributed by atoms with E-state index in [-0.39, 0.29) is 10.6 Å². The molecule has 0 spiro atoms. The molecule has 5 nitrogen and oxygen atoms in total. The highest BCUT2D eigenvalue weighted by Gasteiger charge is 2.16. The Morgan fingerprint density at radius 3 is 2.50 bits per heavy atom. The van der Waals surface area contributed by atoms with Gasteiger partial charge in [0.05, 0.1) is 10.4 Å². The minimum absolute atomic E-state index is 0.0976. The summed E-state index contributed by atoms with van der Waals surface area (Å²) >= 11 is 1.30. The average Bonchev–Trinajstić information content (AvgIpc) is 2.84. The normalized spacial score (nSPS) is 10.9. The van der Waals surface area contributed by atoms with E-state index >= 15 is 0 Å². The van der Waals surface area contributed by atoms with Crippen LogP contribution in [-0.2, 0) is 0 Å². The Morgan fingerprint density at radius 2 is 1.86 bits per heavy atom. The maximum atomic E-state index is 11.1. The predicted molar refractivity (Wildman–Crippen MR) is 90.2 cm³/mol. The quantitative estimate of drug-likeness (QED) is 0.553. The number of nitrogens with one attached hydrogen (secondary N) is 1. The van der Waals surface area contributed by atoms with Crippen molar-refractivity contribution in [2.75, 3.05) is 5.32 Å². The molecule has 0 aliphatic carbocycles. The van der Waals surface area contributed by atoms with Crippen LogP contribution in [0.4, 0.5) is 16.5 Å². The highest BCUT2D eigenvalue weighted by molar-refractivity contribution is 7.22. The second-order valence-corrected chi connectivity index (χ2v) is 6.30. The van der Waals surface area contributed by atoms with Crippen LogP contribution in [0.15, 0.2) is 30.3 Å². The molecule has 3 rings (SSSR count). The van der Waals surface area contributed by atoms with Gasteiger partial charge in [-0.3, -0.25) is 10.1 Å². The number of aryl methyl sites for hydroxylation is 3. The summed E-state index contributed by atoms with van der Waals surface area (Å²) in [7, 11) is 0. The summed E-state index contributed by atoms with van der Waals surface area (Å²) in [6.07, 6.45) is 0. The Labute approximate surface area is 131 Å². The lowest BCUT2D eigenvalue weighted by molar-refractivity contribution is -0.382. The summed E-state index contributed by atoms with van der Waals surface area (Å²) < 4.78 is 0.595. The number of non-ortho nitro benzene ring substituents is 1. The molecular weight excluding hydrogens is 298 g/mol. The first kappa shape index (κ1) is 14.5. The molecule has 2 aromatic carbocycles. The molecule has 1 aromatic heterocycles. The number of anilines is 2. The molecule has 3 aromatic rings. The van der Waals surface area contributed by atoms with Gasteiger partial charge in [0.25, 0.3) is 5.69 Å². The Morgan fingerprint density at radius 1 is 1.18 bits per heavy atom. The number of benzene rings is 2. The van der Waals surface area contributed by atoms with Crippen LogP contribution in [0.1, 0.15) is 16.7 Å². The standard InChI is InChI=1S/C16H15N3O2S/c1-9-7-10(2)14(11(3)8-9)18-16-17-12-5-4-6-13(19(20)21)15(12)22-16/h4-8H,1-3H3,(H,17,18). The molecule has 0 saturated carbocycles. The SMILES string of the molecule is Cc1cc(C)c(Nc2nc3cccc([N+](=O)[O-])c3s2)c(C)c1. The van der Waals surface area contributed by atoms with E-state index in [1.807, 2.05) is 13.8 Å².